The fraction of sp³-hybridized carbons (Fsp3) is 0.538. The zero-order valence-corrected chi connectivity index (χ0v) is 11.8. The third kappa shape index (κ3) is 2.79. The van der Waals surface area contributed by atoms with Gasteiger partial charge in [-0.05, 0) is 30.9 Å². The third-order valence-corrected chi connectivity index (χ3v) is 4.77. The highest BCUT2D eigenvalue weighted by Gasteiger charge is 2.31. The second-order valence-corrected chi connectivity index (χ2v) is 6.03. The Labute approximate surface area is 116 Å². The maximum Gasteiger partial charge on any atom is 0.264 e. The topological polar surface area (TPSA) is 89.4 Å². The highest BCUT2D eigenvalue weighted by atomic mass is 32.1. The molecule has 104 valence electrons. The van der Waals surface area contributed by atoms with Crippen molar-refractivity contribution in [2.24, 2.45) is 17.4 Å². The Morgan fingerprint density at radius 2 is 2.11 bits per heavy atom. The lowest BCUT2D eigenvalue weighted by atomic mass is 9.90. The maximum atomic E-state index is 12.5. The lowest BCUT2D eigenvalue weighted by Crippen LogP contribution is -2.51. The van der Waals surface area contributed by atoms with E-state index in [4.69, 9.17) is 11.5 Å². The molecule has 1 fully saturated rings. The number of thiophene rings is 1. The molecule has 0 aromatic carbocycles. The smallest absolute Gasteiger partial charge is 0.264 e. The summed E-state index contributed by atoms with van der Waals surface area (Å²) in [6.45, 7) is 3.33. The molecule has 1 aliphatic heterocycles. The van der Waals surface area contributed by atoms with Gasteiger partial charge in [-0.15, -0.1) is 11.3 Å². The zero-order valence-electron chi connectivity index (χ0n) is 11.0. The fourth-order valence-corrected chi connectivity index (χ4v) is 3.40. The standard InChI is InChI=1S/C13H19N3O2S/c1-8-3-2-6-16(9(8)7-14)13(18)11-5-4-10(19-11)12(15)17/h4-5,8-9H,2-3,6-7,14H2,1H3,(H2,15,17). The van der Waals surface area contributed by atoms with E-state index < -0.39 is 5.91 Å². The number of primary amides is 1. The Morgan fingerprint density at radius 1 is 1.42 bits per heavy atom. The number of carbonyl (C=O) groups is 2. The van der Waals surface area contributed by atoms with Crippen molar-refractivity contribution in [2.45, 2.75) is 25.8 Å². The van der Waals surface area contributed by atoms with Gasteiger partial charge in [0, 0.05) is 19.1 Å². The highest BCUT2D eigenvalue weighted by molar-refractivity contribution is 7.15. The molecule has 1 aromatic heterocycles. The van der Waals surface area contributed by atoms with Crippen molar-refractivity contribution in [2.75, 3.05) is 13.1 Å². The summed E-state index contributed by atoms with van der Waals surface area (Å²) in [5.74, 6) is -0.121. The summed E-state index contributed by atoms with van der Waals surface area (Å²) in [6.07, 6.45) is 2.10. The second-order valence-electron chi connectivity index (χ2n) is 4.95. The number of likely N-dealkylation sites (tertiary alicyclic amines) is 1. The van der Waals surface area contributed by atoms with Crippen molar-refractivity contribution in [3.8, 4) is 0 Å². The first-order valence-corrected chi connectivity index (χ1v) is 7.27. The van der Waals surface area contributed by atoms with Crippen molar-refractivity contribution in [1.29, 1.82) is 0 Å². The first-order chi connectivity index (χ1) is 9.04. The predicted molar refractivity (Wildman–Crippen MR) is 75.1 cm³/mol. The van der Waals surface area contributed by atoms with E-state index in [2.05, 4.69) is 6.92 Å². The molecular formula is C13H19N3O2S. The summed E-state index contributed by atoms with van der Waals surface area (Å²) < 4.78 is 0. The quantitative estimate of drug-likeness (QED) is 0.867. The van der Waals surface area contributed by atoms with Crippen molar-refractivity contribution < 1.29 is 9.59 Å². The summed E-state index contributed by atoms with van der Waals surface area (Å²) in [6, 6.07) is 3.35. The number of piperidine rings is 1. The monoisotopic (exact) mass is 281 g/mol. The van der Waals surface area contributed by atoms with Crippen LogP contribution in [-0.4, -0.2) is 35.8 Å². The van der Waals surface area contributed by atoms with E-state index in [1.165, 1.54) is 0 Å². The number of nitrogens with zero attached hydrogens (tertiary/aromatic N) is 1. The van der Waals surface area contributed by atoms with Gasteiger partial charge in [-0.25, -0.2) is 0 Å². The van der Waals surface area contributed by atoms with Crippen LogP contribution in [0, 0.1) is 5.92 Å². The molecule has 0 spiro atoms. The molecular weight excluding hydrogens is 262 g/mol. The van der Waals surface area contributed by atoms with Crippen molar-refractivity contribution >= 4 is 23.2 Å². The minimum absolute atomic E-state index is 0.0421. The molecule has 1 aliphatic rings. The van der Waals surface area contributed by atoms with E-state index in [-0.39, 0.29) is 11.9 Å². The summed E-state index contributed by atoms with van der Waals surface area (Å²) >= 11 is 1.15. The fourth-order valence-electron chi connectivity index (χ4n) is 2.59. The summed E-state index contributed by atoms with van der Waals surface area (Å²) in [5.41, 5.74) is 11.0. The summed E-state index contributed by atoms with van der Waals surface area (Å²) in [5, 5.41) is 0. The van der Waals surface area contributed by atoms with Gasteiger partial charge < -0.3 is 16.4 Å². The minimum Gasteiger partial charge on any atom is -0.365 e. The van der Waals surface area contributed by atoms with Crippen LogP contribution in [0.3, 0.4) is 0 Å². The zero-order chi connectivity index (χ0) is 14.0. The van der Waals surface area contributed by atoms with E-state index in [9.17, 15) is 9.59 Å². The first kappa shape index (κ1) is 14.0. The number of hydrogen-bond donors (Lipinski definition) is 2. The van der Waals surface area contributed by atoms with Crippen LogP contribution in [0.15, 0.2) is 12.1 Å². The average Bonchev–Trinajstić information content (AvgIpc) is 2.87. The van der Waals surface area contributed by atoms with Gasteiger partial charge in [0.25, 0.3) is 11.8 Å². The Hall–Kier alpha value is -1.40. The molecule has 0 bridgehead atoms. The van der Waals surface area contributed by atoms with E-state index in [0.29, 0.717) is 22.2 Å². The Bertz CT molecular complexity index is 486. The molecule has 2 atom stereocenters. The minimum atomic E-state index is -0.494. The van der Waals surface area contributed by atoms with Crippen LogP contribution < -0.4 is 11.5 Å². The molecule has 2 rings (SSSR count). The van der Waals surface area contributed by atoms with Gasteiger partial charge in [0.05, 0.1) is 9.75 Å². The van der Waals surface area contributed by atoms with Crippen LogP contribution in [0.4, 0.5) is 0 Å². The van der Waals surface area contributed by atoms with Crippen LogP contribution >= 0.6 is 11.3 Å². The average molecular weight is 281 g/mol. The van der Waals surface area contributed by atoms with E-state index in [0.717, 1.165) is 30.7 Å². The molecule has 0 radical (unpaired) electrons. The van der Waals surface area contributed by atoms with Crippen LogP contribution in [0.5, 0.6) is 0 Å². The Morgan fingerprint density at radius 3 is 2.68 bits per heavy atom. The number of hydrogen-bond acceptors (Lipinski definition) is 4. The molecule has 2 heterocycles. The SMILES string of the molecule is CC1CCCN(C(=O)c2ccc(C(N)=O)s2)C1CN. The van der Waals surface area contributed by atoms with E-state index in [1.54, 1.807) is 12.1 Å². The van der Waals surface area contributed by atoms with Gasteiger partial charge in [0.1, 0.15) is 0 Å². The summed E-state index contributed by atoms with van der Waals surface area (Å²) in [7, 11) is 0. The lowest BCUT2D eigenvalue weighted by molar-refractivity contribution is 0.0537. The third-order valence-electron chi connectivity index (χ3n) is 3.68. The van der Waals surface area contributed by atoms with Gasteiger partial charge in [-0.2, -0.15) is 0 Å². The van der Waals surface area contributed by atoms with Gasteiger partial charge in [0.2, 0.25) is 0 Å². The van der Waals surface area contributed by atoms with Crippen LogP contribution in [0.2, 0.25) is 0 Å². The van der Waals surface area contributed by atoms with E-state index in [1.807, 2.05) is 4.90 Å². The molecule has 1 aromatic rings. The lowest BCUT2D eigenvalue weighted by Gasteiger charge is -2.39. The summed E-state index contributed by atoms with van der Waals surface area (Å²) in [4.78, 5) is 26.4. The van der Waals surface area contributed by atoms with Crippen molar-refractivity contribution in [3.63, 3.8) is 0 Å². The van der Waals surface area contributed by atoms with Gasteiger partial charge >= 0.3 is 0 Å². The predicted octanol–water partition coefficient (Wildman–Crippen LogP) is 1.05. The van der Waals surface area contributed by atoms with Crippen molar-refractivity contribution in [3.05, 3.63) is 21.9 Å². The van der Waals surface area contributed by atoms with Crippen molar-refractivity contribution in [1.82, 2.24) is 4.90 Å². The van der Waals surface area contributed by atoms with Gasteiger partial charge in [0.15, 0.2) is 0 Å². The number of amides is 2. The van der Waals surface area contributed by atoms with Gasteiger partial charge in [-0.1, -0.05) is 6.92 Å². The maximum absolute atomic E-state index is 12.5. The van der Waals surface area contributed by atoms with Crippen LogP contribution in [0.25, 0.3) is 0 Å². The molecule has 6 heteroatoms. The van der Waals surface area contributed by atoms with Crippen LogP contribution in [0.1, 0.15) is 39.1 Å². The number of nitrogens with two attached hydrogens (primary N) is 2. The Kier molecular flexibility index (Phi) is 4.21. The van der Waals surface area contributed by atoms with Crippen LogP contribution in [-0.2, 0) is 0 Å². The highest BCUT2D eigenvalue weighted by Crippen LogP contribution is 2.26. The molecule has 5 nitrogen and oxygen atoms in total. The number of rotatable bonds is 3. The molecule has 0 aliphatic carbocycles. The largest absolute Gasteiger partial charge is 0.365 e. The molecule has 1 saturated heterocycles. The Balaban J connectivity index is 2.19. The molecule has 4 N–H and O–H groups in total. The number of carbonyl (C=O) groups excluding carboxylic acids is 2. The second kappa shape index (κ2) is 5.71. The van der Waals surface area contributed by atoms with E-state index >= 15 is 0 Å². The normalized spacial score (nSPS) is 23.4. The molecule has 19 heavy (non-hydrogen) atoms. The first-order valence-electron chi connectivity index (χ1n) is 6.45. The molecule has 2 amide bonds. The molecule has 0 saturated carbocycles. The van der Waals surface area contributed by atoms with Gasteiger partial charge in [-0.3, -0.25) is 9.59 Å². The molecule has 2 unspecified atom stereocenters.